The van der Waals surface area contributed by atoms with Crippen molar-refractivity contribution in [3.8, 4) is 0 Å². The highest BCUT2D eigenvalue weighted by atomic mass is 35.5. The number of carbonyl (C=O) groups is 1. The normalized spacial score (nSPS) is 11.0. The average molecular weight is 161 g/mol. The minimum Gasteiger partial charge on any atom is -0.458 e. The summed E-state index contributed by atoms with van der Waals surface area (Å²) in [6.07, 6.45) is 4.51. The third-order valence-corrected chi connectivity index (χ3v) is 0.892. The van der Waals surface area contributed by atoms with Crippen molar-refractivity contribution in [3.63, 3.8) is 0 Å². The van der Waals surface area contributed by atoms with Gasteiger partial charge >= 0.3 is 5.97 Å². The molecule has 0 spiro atoms. The fourth-order valence-corrected chi connectivity index (χ4v) is 0.424. The van der Waals surface area contributed by atoms with Gasteiger partial charge < -0.3 is 4.74 Å². The number of halogens is 1. The summed E-state index contributed by atoms with van der Waals surface area (Å²) in [5.74, 6) is -0.350. The Labute approximate surface area is 65.1 Å². The molecule has 0 atom stereocenters. The van der Waals surface area contributed by atoms with E-state index >= 15 is 0 Å². The van der Waals surface area contributed by atoms with Gasteiger partial charge in [0.2, 0.25) is 0 Å². The fourth-order valence-electron chi connectivity index (χ4n) is 0.351. The van der Waals surface area contributed by atoms with Crippen molar-refractivity contribution in [2.24, 2.45) is 0 Å². The van der Waals surface area contributed by atoms with E-state index in [2.05, 4.69) is 4.74 Å². The maximum atomic E-state index is 10.5. The summed E-state index contributed by atoms with van der Waals surface area (Å²) in [6, 6.07) is 0. The summed E-state index contributed by atoms with van der Waals surface area (Å²) in [5, 5.41) is 0. The second-order valence-electron chi connectivity index (χ2n) is 1.49. The predicted octanol–water partition coefficient (Wildman–Crippen LogP) is 1.86. The van der Waals surface area contributed by atoms with E-state index in [-0.39, 0.29) is 12.6 Å². The number of esters is 1. The Morgan fingerprint density at radius 2 is 2.40 bits per heavy atom. The molecule has 0 radical (unpaired) electrons. The highest BCUT2D eigenvalue weighted by molar-refractivity contribution is 6.25. The first-order chi connectivity index (χ1) is 4.81. The Hall–Kier alpha value is -0.760. The molecule has 0 aliphatic carbocycles. The van der Waals surface area contributed by atoms with Crippen molar-refractivity contribution < 1.29 is 9.53 Å². The van der Waals surface area contributed by atoms with Crippen molar-refractivity contribution in [1.82, 2.24) is 0 Å². The molecular formula is C7H9ClO2. The Balaban J connectivity index is 3.40. The van der Waals surface area contributed by atoms with Crippen LogP contribution in [-0.2, 0) is 9.53 Å². The molecule has 0 heterocycles. The molecule has 0 aromatic rings. The molecule has 0 rings (SSSR count). The molecule has 0 amide bonds. The minimum atomic E-state index is -0.350. The van der Waals surface area contributed by atoms with Crippen molar-refractivity contribution in [3.05, 3.63) is 23.8 Å². The standard InChI is InChI=1S/C7H9ClO2/c1-2-4-7(9)10-6-3-5-8/h2-5H,6H2,1H3/b4-2+,5-3+. The summed E-state index contributed by atoms with van der Waals surface area (Å²) in [5.41, 5.74) is 1.31. The fraction of sp³-hybridized carbons (Fsp3) is 0.286. The van der Waals surface area contributed by atoms with Crippen LogP contribution >= 0.6 is 11.6 Å². The number of hydrogen-bond donors (Lipinski definition) is 0. The van der Waals surface area contributed by atoms with Crippen LogP contribution in [0.2, 0.25) is 0 Å². The van der Waals surface area contributed by atoms with Crippen LogP contribution in [0.25, 0.3) is 0 Å². The van der Waals surface area contributed by atoms with Gasteiger partial charge in [-0.05, 0) is 13.0 Å². The van der Waals surface area contributed by atoms with Gasteiger partial charge in [0.25, 0.3) is 0 Å². The van der Waals surface area contributed by atoms with Crippen LogP contribution in [0, 0.1) is 0 Å². The van der Waals surface area contributed by atoms with Crippen molar-refractivity contribution >= 4 is 17.6 Å². The molecule has 56 valence electrons. The van der Waals surface area contributed by atoms with Crippen molar-refractivity contribution in [2.45, 2.75) is 6.92 Å². The highest BCUT2D eigenvalue weighted by Gasteiger charge is 1.90. The second kappa shape index (κ2) is 6.36. The lowest BCUT2D eigenvalue weighted by Gasteiger charge is -1.93. The highest BCUT2D eigenvalue weighted by Crippen LogP contribution is 1.84. The van der Waals surface area contributed by atoms with Crippen LogP contribution in [0.3, 0.4) is 0 Å². The van der Waals surface area contributed by atoms with Crippen LogP contribution in [0.1, 0.15) is 6.92 Å². The summed E-state index contributed by atoms with van der Waals surface area (Å²) in [6.45, 7) is 1.98. The topological polar surface area (TPSA) is 26.3 Å². The van der Waals surface area contributed by atoms with Crippen LogP contribution < -0.4 is 0 Å². The van der Waals surface area contributed by atoms with Gasteiger partial charge in [0.1, 0.15) is 6.61 Å². The molecule has 2 nitrogen and oxygen atoms in total. The summed E-state index contributed by atoms with van der Waals surface area (Å²) < 4.78 is 4.63. The lowest BCUT2D eigenvalue weighted by Crippen LogP contribution is -1.99. The first-order valence-electron chi connectivity index (χ1n) is 2.86. The zero-order valence-corrected chi connectivity index (χ0v) is 6.47. The molecule has 0 aromatic heterocycles. The molecule has 0 aliphatic heterocycles. The summed E-state index contributed by atoms with van der Waals surface area (Å²) >= 11 is 5.17. The number of hydrogen-bond acceptors (Lipinski definition) is 2. The van der Waals surface area contributed by atoms with E-state index in [0.717, 1.165) is 0 Å². The van der Waals surface area contributed by atoms with Crippen molar-refractivity contribution in [2.75, 3.05) is 6.61 Å². The molecule has 0 aromatic carbocycles. The number of carbonyl (C=O) groups excluding carboxylic acids is 1. The third kappa shape index (κ3) is 5.38. The lowest BCUT2D eigenvalue weighted by atomic mass is 10.5. The van der Waals surface area contributed by atoms with E-state index < -0.39 is 0 Å². The van der Waals surface area contributed by atoms with Crippen LogP contribution in [0.4, 0.5) is 0 Å². The van der Waals surface area contributed by atoms with Gasteiger partial charge in [-0.2, -0.15) is 0 Å². The first kappa shape index (κ1) is 9.24. The van der Waals surface area contributed by atoms with E-state index in [9.17, 15) is 4.79 Å². The zero-order valence-electron chi connectivity index (χ0n) is 5.71. The summed E-state index contributed by atoms with van der Waals surface area (Å²) in [4.78, 5) is 10.5. The molecule has 10 heavy (non-hydrogen) atoms. The molecule has 3 heteroatoms. The molecule has 0 saturated heterocycles. The molecule has 0 N–H and O–H groups in total. The molecule has 0 bridgehead atoms. The quantitative estimate of drug-likeness (QED) is 0.465. The monoisotopic (exact) mass is 160 g/mol. The zero-order chi connectivity index (χ0) is 7.82. The smallest absolute Gasteiger partial charge is 0.330 e. The van der Waals surface area contributed by atoms with Crippen molar-refractivity contribution in [1.29, 1.82) is 0 Å². The second-order valence-corrected chi connectivity index (χ2v) is 1.74. The number of allylic oxidation sites excluding steroid dienone is 1. The number of rotatable bonds is 3. The largest absolute Gasteiger partial charge is 0.458 e. The molecule has 0 saturated carbocycles. The number of ether oxygens (including phenoxy) is 1. The van der Waals surface area contributed by atoms with Crippen LogP contribution in [-0.4, -0.2) is 12.6 Å². The Kier molecular flexibility index (Phi) is 5.88. The van der Waals surface area contributed by atoms with Gasteiger partial charge in [-0.25, -0.2) is 4.79 Å². The van der Waals surface area contributed by atoms with Gasteiger partial charge in [-0.1, -0.05) is 17.7 Å². The van der Waals surface area contributed by atoms with Gasteiger partial charge in [-0.15, -0.1) is 0 Å². The Bertz CT molecular complexity index is 150. The molecule has 0 aliphatic rings. The van der Waals surface area contributed by atoms with Gasteiger partial charge in [0.15, 0.2) is 0 Å². The minimum absolute atomic E-state index is 0.229. The Morgan fingerprint density at radius 3 is 2.90 bits per heavy atom. The van der Waals surface area contributed by atoms with Gasteiger partial charge in [0.05, 0.1) is 0 Å². The van der Waals surface area contributed by atoms with E-state index in [4.69, 9.17) is 11.6 Å². The van der Waals surface area contributed by atoms with Gasteiger partial charge in [0, 0.05) is 11.6 Å². The lowest BCUT2D eigenvalue weighted by molar-refractivity contribution is -0.136. The van der Waals surface area contributed by atoms with Crippen LogP contribution in [0.15, 0.2) is 23.8 Å². The summed E-state index contributed by atoms with van der Waals surface area (Å²) in [7, 11) is 0. The molecule has 0 fully saturated rings. The van der Waals surface area contributed by atoms with Crippen LogP contribution in [0.5, 0.6) is 0 Å². The van der Waals surface area contributed by atoms with E-state index in [1.54, 1.807) is 19.1 Å². The maximum absolute atomic E-state index is 10.5. The van der Waals surface area contributed by atoms with Gasteiger partial charge in [-0.3, -0.25) is 0 Å². The first-order valence-corrected chi connectivity index (χ1v) is 3.29. The molecular weight excluding hydrogens is 152 g/mol. The van der Waals surface area contributed by atoms with E-state index in [1.807, 2.05) is 0 Å². The third-order valence-electron chi connectivity index (χ3n) is 0.714. The van der Waals surface area contributed by atoms with E-state index in [1.165, 1.54) is 11.6 Å². The predicted molar refractivity (Wildman–Crippen MR) is 40.8 cm³/mol. The average Bonchev–Trinajstić information content (AvgIpc) is 1.89. The SMILES string of the molecule is C/C=C/C(=O)OC/C=C/Cl. The molecule has 0 unspecified atom stereocenters. The van der Waals surface area contributed by atoms with E-state index in [0.29, 0.717) is 0 Å². The maximum Gasteiger partial charge on any atom is 0.330 e. The Morgan fingerprint density at radius 1 is 1.70 bits per heavy atom.